The van der Waals surface area contributed by atoms with Crippen molar-refractivity contribution in [3.8, 4) is 0 Å². The van der Waals surface area contributed by atoms with Crippen molar-refractivity contribution >= 4 is 17.2 Å². The van der Waals surface area contributed by atoms with Crippen LogP contribution in [0.5, 0.6) is 0 Å². The zero-order valence-electron chi connectivity index (χ0n) is 12.6. The summed E-state index contributed by atoms with van der Waals surface area (Å²) < 4.78 is 0. The number of aryl methyl sites for hydroxylation is 1. The molecule has 0 aliphatic carbocycles. The summed E-state index contributed by atoms with van der Waals surface area (Å²) in [5.74, 6) is -0.00640. The van der Waals surface area contributed by atoms with E-state index in [1.165, 1.54) is 12.5 Å². The molecule has 0 saturated carbocycles. The number of nitrogens with one attached hydrogen (secondary N) is 1. The Morgan fingerprint density at radius 1 is 1.19 bits per heavy atom. The predicted octanol–water partition coefficient (Wildman–Crippen LogP) is 3.90. The highest BCUT2D eigenvalue weighted by Crippen LogP contribution is 2.19. The fourth-order valence-corrected chi connectivity index (χ4v) is 2.34. The molecule has 21 heavy (non-hydrogen) atoms. The second kappa shape index (κ2) is 6.93. The van der Waals surface area contributed by atoms with Gasteiger partial charge in [0.05, 0.1) is 0 Å². The Hall–Kier alpha value is -2.29. The summed E-state index contributed by atoms with van der Waals surface area (Å²) in [6, 6.07) is 16.3. The first-order valence-corrected chi connectivity index (χ1v) is 7.27. The molecule has 0 aromatic heterocycles. The minimum Gasteiger partial charge on any atom is -0.398 e. The van der Waals surface area contributed by atoms with E-state index in [0.717, 1.165) is 18.5 Å². The molecule has 0 heterocycles. The first-order valence-electron chi connectivity index (χ1n) is 7.27. The molecule has 1 atom stereocenters. The van der Waals surface area contributed by atoms with Crippen LogP contribution >= 0.6 is 0 Å². The van der Waals surface area contributed by atoms with Crippen molar-refractivity contribution in [1.29, 1.82) is 0 Å². The quantitative estimate of drug-likeness (QED) is 0.624. The third-order valence-corrected chi connectivity index (χ3v) is 3.55. The molecule has 2 aromatic rings. The average molecular weight is 282 g/mol. The van der Waals surface area contributed by atoms with Gasteiger partial charge in [0.1, 0.15) is 0 Å². The molecule has 3 N–H and O–H groups in total. The van der Waals surface area contributed by atoms with Crippen molar-refractivity contribution in [2.75, 3.05) is 11.1 Å². The van der Waals surface area contributed by atoms with Crippen LogP contribution in [-0.2, 0) is 6.42 Å². The molecule has 2 rings (SSSR count). The number of carbonyl (C=O) groups is 1. The molecule has 0 aliphatic rings. The van der Waals surface area contributed by atoms with Crippen molar-refractivity contribution in [1.82, 2.24) is 0 Å². The molecule has 3 heteroatoms. The minimum atomic E-state index is -0.00640. The van der Waals surface area contributed by atoms with Gasteiger partial charge >= 0.3 is 0 Å². The van der Waals surface area contributed by atoms with Gasteiger partial charge in [-0.25, -0.2) is 0 Å². The van der Waals surface area contributed by atoms with Gasteiger partial charge in [0, 0.05) is 23.0 Å². The largest absolute Gasteiger partial charge is 0.398 e. The maximum atomic E-state index is 11.5. The number of hydrogen-bond acceptors (Lipinski definition) is 3. The number of ketones is 1. The molecule has 2 aromatic carbocycles. The summed E-state index contributed by atoms with van der Waals surface area (Å²) in [5.41, 5.74) is 9.20. The molecule has 0 radical (unpaired) electrons. The molecule has 0 fully saturated rings. The van der Waals surface area contributed by atoms with E-state index in [0.29, 0.717) is 17.3 Å². The fraction of sp³-hybridized carbons (Fsp3) is 0.278. The van der Waals surface area contributed by atoms with E-state index >= 15 is 0 Å². The third kappa shape index (κ3) is 4.35. The number of hydrogen-bond donors (Lipinski definition) is 2. The Labute approximate surface area is 126 Å². The summed E-state index contributed by atoms with van der Waals surface area (Å²) in [6.45, 7) is 3.68. The first-order chi connectivity index (χ1) is 10.1. The van der Waals surface area contributed by atoms with Crippen molar-refractivity contribution < 1.29 is 4.79 Å². The van der Waals surface area contributed by atoms with E-state index in [9.17, 15) is 4.79 Å². The van der Waals surface area contributed by atoms with E-state index in [1.54, 1.807) is 6.07 Å². The predicted molar refractivity (Wildman–Crippen MR) is 88.7 cm³/mol. The number of nitrogen functional groups attached to an aromatic ring is 1. The topological polar surface area (TPSA) is 55.1 Å². The van der Waals surface area contributed by atoms with E-state index < -0.39 is 0 Å². The molecule has 110 valence electrons. The Morgan fingerprint density at radius 2 is 1.90 bits per heavy atom. The Morgan fingerprint density at radius 3 is 2.57 bits per heavy atom. The fourth-order valence-electron chi connectivity index (χ4n) is 2.34. The van der Waals surface area contributed by atoms with Crippen LogP contribution in [0, 0.1) is 0 Å². The SMILES string of the molecule is CC(=O)c1cc(NC(C)CCc2ccccc2)ccc1N. The van der Waals surface area contributed by atoms with Crippen LogP contribution in [0.3, 0.4) is 0 Å². The van der Waals surface area contributed by atoms with Crippen molar-refractivity contribution in [2.45, 2.75) is 32.7 Å². The molecule has 0 spiro atoms. The minimum absolute atomic E-state index is 0.00640. The first kappa shape index (κ1) is 15.1. The maximum Gasteiger partial charge on any atom is 0.161 e. The Balaban J connectivity index is 1.95. The summed E-state index contributed by atoms with van der Waals surface area (Å²) in [5, 5.41) is 3.43. The maximum absolute atomic E-state index is 11.5. The van der Waals surface area contributed by atoms with Crippen molar-refractivity contribution in [3.63, 3.8) is 0 Å². The monoisotopic (exact) mass is 282 g/mol. The van der Waals surface area contributed by atoms with Gasteiger partial charge in [-0.1, -0.05) is 30.3 Å². The zero-order valence-corrected chi connectivity index (χ0v) is 12.6. The van der Waals surface area contributed by atoms with Gasteiger partial charge in [-0.15, -0.1) is 0 Å². The van der Waals surface area contributed by atoms with Crippen molar-refractivity contribution in [2.24, 2.45) is 0 Å². The van der Waals surface area contributed by atoms with Crippen LogP contribution in [0.1, 0.15) is 36.2 Å². The van der Waals surface area contributed by atoms with Gasteiger partial charge in [-0.3, -0.25) is 4.79 Å². The molecule has 0 aliphatic heterocycles. The van der Waals surface area contributed by atoms with Gasteiger partial charge < -0.3 is 11.1 Å². The lowest BCUT2D eigenvalue weighted by molar-refractivity contribution is 0.101. The van der Waals surface area contributed by atoms with Crippen LogP contribution in [-0.4, -0.2) is 11.8 Å². The van der Waals surface area contributed by atoms with Crippen LogP contribution in [0.15, 0.2) is 48.5 Å². The zero-order chi connectivity index (χ0) is 15.2. The molecule has 0 amide bonds. The number of rotatable bonds is 6. The van der Waals surface area contributed by atoms with E-state index in [-0.39, 0.29) is 5.78 Å². The smallest absolute Gasteiger partial charge is 0.161 e. The number of anilines is 2. The second-order valence-electron chi connectivity index (χ2n) is 5.43. The van der Waals surface area contributed by atoms with Gasteiger partial charge in [0.15, 0.2) is 5.78 Å². The standard InChI is InChI=1S/C18H22N2O/c1-13(8-9-15-6-4-3-5-7-15)20-16-10-11-18(19)17(12-16)14(2)21/h3-7,10-13,20H,8-9,19H2,1-2H3. The Bertz CT molecular complexity index is 608. The molecule has 1 unspecified atom stereocenters. The van der Waals surface area contributed by atoms with E-state index in [1.807, 2.05) is 18.2 Å². The Kier molecular flexibility index (Phi) is 4.99. The number of nitrogens with two attached hydrogens (primary N) is 1. The lowest BCUT2D eigenvalue weighted by Crippen LogP contribution is -2.16. The second-order valence-corrected chi connectivity index (χ2v) is 5.43. The normalized spacial score (nSPS) is 11.9. The lowest BCUT2D eigenvalue weighted by atomic mass is 10.1. The molecular formula is C18H22N2O. The van der Waals surface area contributed by atoms with E-state index in [4.69, 9.17) is 5.73 Å². The highest BCUT2D eigenvalue weighted by atomic mass is 16.1. The van der Waals surface area contributed by atoms with Gasteiger partial charge in [-0.05, 0) is 50.5 Å². The molecule has 3 nitrogen and oxygen atoms in total. The number of carbonyl (C=O) groups excluding carboxylic acids is 1. The number of benzene rings is 2. The molecule has 0 bridgehead atoms. The van der Waals surface area contributed by atoms with Crippen LogP contribution < -0.4 is 11.1 Å². The summed E-state index contributed by atoms with van der Waals surface area (Å²) in [4.78, 5) is 11.5. The van der Waals surface area contributed by atoms with Crippen molar-refractivity contribution in [3.05, 3.63) is 59.7 Å². The molecular weight excluding hydrogens is 260 g/mol. The summed E-state index contributed by atoms with van der Waals surface area (Å²) >= 11 is 0. The highest BCUT2D eigenvalue weighted by molar-refractivity contribution is 6.00. The van der Waals surface area contributed by atoms with Gasteiger partial charge in [0.25, 0.3) is 0 Å². The average Bonchev–Trinajstić information content (AvgIpc) is 2.48. The van der Waals surface area contributed by atoms with Gasteiger partial charge in [0.2, 0.25) is 0 Å². The lowest BCUT2D eigenvalue weighted by Gasteiger charge is -2.16. The summed E-state index contributed by atoms with van der Waals surface area (Å²) in [7, 11) is 0. The van der Waals surface area contributed by atoms with Crippen LogP contribution in [0.25, 0.3) is 0 Å². The third-order valence-electron chi connectivity index (χ3n) is 3.55. The van der Waals surface area contributed by atoms with E-state index in [2.05, 4.69) is 36.5 Å². The molecule has 0 saturated heterocycles. The van der Waals surface area contributed by atoms with Gasteiger partial charge in [-0.2, -0.15) is 0 Å². The van der Waals surface area contributed by atoms with Crippen LogP contribution in [0.2, 0.25) is 0 Å². The summed E-state index contributed by atoms with van der Waals surface area (Å²) in [6.07, 6.45) is 2.06. The highest BCUT2D eigenvalue weighted by Gasteiger charge is 2.08. The van der Waals surface area contributed by atoms with Crippen LogP contribution in [0.4, 0.5) is 11.4 Å². The number of Topliss-reactive ketones (excluding diaryl/α,β-unsaturated/α-hetero) is 1.